The number of rotatable bonds is 13. The van der Waals surface area contributed by atoms with Crippen LogP contribution in [0, 0.1) is 5.41 Å². The molecule has 132 valence electrons. The fourth-order valence-electron chi connectivity index (χ4n) is 2.06. The van der Waals surface area contributed by atoms with Crippen LogP contribution in [0.2, 0.25) is 0 Å². The molecule has 0 fully saturated rings. The van der Waals surface area contributed by atoms with E-state index in [1.165, 1.54) is 38.3 Å². The lowest BCUT2D eigenvalue weighted by Crippen LogP contribution is -1.80. The summed E-state index contributed by atoms with van der Waals surface area (Å²) < 4.78 is 0. The summed E-state index contributed by atoms with van der Waals surface area (Å²) in [7, 11) is 0. The van der Waals surface area contributed by atoms with Gasteiger partial charge in [-0.2, -0.15) is 0 Å². The van der Waals surface area contributed by atoms with E-state index in [0.717, 1.165) is 24.0 Å². The Hall–Kier alpha value is -2.09. The zero-order valence-corrected chi connectivity index (χ0v) is 15.4. The number of nitrogens with two attached hydrogens (primary N) is 1. The van der Waals surface area contributed by atoms with E-state index in [1.54, 1.807) is 12.3 Å². The van der Waals surface area contributed by atoms with E-state index in [4.69, 9.17) is 11.1 Å². The summed E-state index contributed by atoms with van der Waals surface area (Å²) in [4.78, 5) is 0. The smallest absolute Gasteiger partial charge is 0.0183 e. The molecule has 0 aromatic rings. The molecule has 0 atom stereocenters. The van der Waals surface area contributed by atoms with Crippen molar-refractivity contribution < 1.29 is 0 Å². The van der Waals surface area contributed by atoms with Gasteiger partial charge in [0.1, 0.15) is 0 Å². The van der Waals surface area contributed by atoms with Crippen molar-refractivity contribution >= 4 is 6.21 Å². The third kappa shape index (κ3) is 13.6. The van der Waals surface area contributed by atoms with E-state index in [-0.39, 0.29) is 0 Å². The lowest BCUT2D eigenvalue weighted by Gasteiger charge is -1.96. The molecule has 2 heteroatoms. The second kappa shape index (κ2) is 17.3. The quantitative estimate of drug-likeness (QED) is 0.229. The van der Waals surface area contributed by atoms with Crippen LogP contribution in [-0.2, 0) is 0 Å². The molecule has 0 spiro atoms. The van der Waals surface area contributed by atoms with E-state index < -0.39 is 0 Å². The van der Waals surface area contributed by atoms with E-state index in [0.29, 0.717) is 0 Å². The molecule has 0 amide bonds. The summed E-state index contributed by atoms with van der Waals surface area (Å²) >= 11 is 0. The maximum absolute atomic E-state index is 7.29. The molecular weight excluding hydrogens is 292 g/mol. The molecule has 0 heterocycles. The van der Waals surface area contributed by atoms with Crippen molar-refractivity contribution in [2.75, 3.05) is 0 Å². The molecule has 0 rings (SSSR count). The van der Waals surface area contributed by atoms with Gasteiger partial charge in [0.25, 0.3) is 0 Å². The average Bonchev–Trinajstić information content (AvgIpc) is 2.58. The number of hydrogen-bond donors (Lipinski definition) is 2. The van der Waals surface area contributed by atoms with E-state index in [9.17, 15) is 0 Å². The largest absolute Gasteiger partial charge is 0.405 e. The maximum atomic E-state index is 7.29. The van der Waals surface area contributed by atoms with Crippen LogP contribution in [0.5, 0.6) is 0 Å². The highest BCUT2D eigenvalue weighted by molar-refractivity contribution is 5.71. The molecule has 0 aromatic heterocycles. The first-order valence-electron chi connectivity index (χ1n) is 9.08. The lowest BCUT2D eigenvalue weighted by molar-refractivity contribution is 0.729. The predicted octanol–water partition coefficient (Wildman–Crippen LogP) is 6.40. The molecule has 0 saturated carbocycles. The second-order valence-electron chi connectivity index (χ2n) is 5.66. The Kier molecular flexibility index (Phi) is 15.8. The second-order valence-corrected chi connectivity index (χ2v) is 5.66. The van der Waals surface area contributed by atoms with Crippen molar-refractivity contribution in [3.8, 4) is 0 Å². The molecule has 3 N–H and O–H groups in total. The van der Waals surface area contributed by atoms with Crippen LogP contribution < -0.4 is 5.73 Å². The molecule has 0 aliphatic rings. The number of allylic oxidation sites excluding steroid dienone is 11. The minimum atomic E-state index is 1.02. The summed E-state index contributed by atoms with van der Waals surface area (Å²) in [5.74, 6) is 0. The molecule has 0 aromatic carbocycles. The highest BCUT2D eigenvalue weighted by atomic mass is 14.5. The fourth-order valence-corrected chi connectivity index (χ4v) is 2.06. The zero-order chi connectivity index (χ0) is 17.9. The van der Waals surface area contributed by atoms with Gasteiger partial charge in [-0.1, -0.05) is 82.1 Å². The normalized spacial score (nSPS) is 13.9. The monoisotopic (exact) mass is 326 g/mol. The van der Waals surface area contributed by atoms with E-state index >= 15 is 0 Å². The minimum Gasteiger partial charge on any atom is -0.405 e. The van der Waals surface area contributed by atoms with Crippen molar-refractivity contribution in [3.63, 3.8) is 0 Å². The van der Waals surface area contributed by atoms with Gasteiger partial charge in [-0.3, -0.25) is 0 Å². The maximum Gasteiger partial charge on any atom is 0.0183 e. The van der Waals surface area contributed by atoms with Crippen molar-refractivity contribution in [2.45, 2.75) is 58.8 Å². The Morgan fingerprint density at radius 2 is 1.46 bits per heavy atom. The molecule has 24 heavy (non-hydrogen) atoms. The number of hydrogen-bond acceptors (Lipinski definition) is 2. The fraction of sp³-hybridized carbons (Fsp3) is 0.409. The predicted molar refractivity (Wildman–Crippen MR) is 109 cm³/mol. The third-order valence-corrected chi connectivity index (χ3v) is 3.47. The Morgan fingerprint density at radius 1 is 0.792 bits per heavy atom. The minimum absolute atomic E-state index is 1.02. The number of nitrogens with one attached hydrogen (secondary N) is 1. The van der Waals surface area contributed by atoms with Gasteiger partial charge in [0.15, 0.2) is 0 Å². The van der Waals surface area contributed by atoms with Crippen molar-refractivity contribution in [2.24, 2.45) is 5.73 Å². The Balaban J connectivity index is 4.80. The molecule has 0 aliphatic heterocycles. The first kappa shape index (κ1) is 21.9. The van der Waals surface area contributed by atoms with E-state index in [1.807, 2.05) is 18.2 Å². The summed E-state index contributed by atoms with van der Waals surface area (Å²) in [5.41, 5.74) is 7.59. The topological polar surface area (TPSA) is 49.9 Å². The van der Waals surface area contributed by atoms with Crippen molar-refractivity contribution in [1.82, 2.24) is 0 Å². The van der Waals surface area contributed by atoms with Gasteiger partial charge >= 0.3 is 0 Å². The average molecular weight is 327 g/mol. The van der Waals surface area contributed by atoms with Gasteiger partial charge in [-0.25, -0.2) is 0 Å². The first-order chi connectivity index (χ1) is 11.8. The van der Waals surface area contributed by atoms with Gasteiger partial charge in [0.2, 0.25) is 0 Å². The van der Waals surface area contributed by atoms with Crippen LogP contribution in [0.3, 0.4) is 0 Å². The van der Waals surface area contributed by atoms with Crippen LogP contribution >= 0.6 is 0 Å². The summed E-state index contributed by atoms with van der Waals surface area (Å²) in [6, 6.07) is 0. The number of unbranched alkanes of at least 4 members (excludes halogenated alkanes) is 5. The summed E-state index contributed by atoms with van der Waals surface area (Å²) in [6.45, 7) is 4.41. The molecule has 0 radical (unpaired) electrons. The van der Waals surface area contributed by atoms with Crippen LogP contribution in [0.4, 0.5) is 0 Å². The highest BCUT2D eigenvalue weighted by Crippen LogP contribution is 2.08. The van der Waals surface area contributed by atoms with Crippen LogP contribution in [0.15, 0.2) is 72.0 Å². The SMILES string of the molecule is CCCC/C=C/C=C(\C=C/N)/C=C/C(/C=C\CCCCC)=C/C=N. The van der Waals surface area contributed by atoms with Gasteiger partial charge in [0.05, 0.1) is 0 Å². The van der Waals surface area contributed by atoms with Crippen molar-refractivity contribution in [3.05, 3.63) is 72.0 Å². The summed E-state index contributed by atoms with van der Waals surface area (Å²) in [6.07, 6.45) is 29.5. The third-order valence-electron chi connectivity index (χ3n) is 3.47. The van der Waals surface area contributed by atoms with Gasteiger partial charge in [0, 0.05) is 6.21 Å². The Morgan fingerprint density at radius 3 is 2.08 bits per heavy atom. The molecule has 0 saturated heterocycles. The molecule has 2 nitrogen and oxygen atoms in total. The molecule has 0 bridgehead atoms. The Labute approximate surface area is 148 Å². The van der Waals surface area contributed by atoms with Crippen LogP contribution in [0.25, 0.3) is 0 Å². The van der Waals surface area contributed by atoms with Gasteiger partial charge < -0.3 is 11.1 Å². The van der Waals surface area contributed by atoms with Crippen LogP contribution in [0.1, 0.15) is 58.8 Å². The lowest BCUT2D eigenvalue weighted by atomic mass is 10.1. The van der Waals surface area contributed by atoms with Crippen LogP contribution in [-0.4, -0.2) is 6.21 Å². The van der Waals surface area contributed by atoms with Crippen molar-refractivity contribution in [1.29, 1.82) is 5.41 Å². The zero-order valence-electron chi connectivity index (χ0n) is 15.4. The van der Waals surface area contributed by atoms with Gasteiger partial charge in [-0.15, -0.1) is 0 Å². The summed E-state index contributed by atoms with van der Waals surface area (Å²) in [5, 5.41) is 7.29. The molecule has 0 aliphatic carbocycles. The van der Waals surface area contributed by atoms with Gasteiger partial charge in [-0.05, 0) is 48.8 Å². The molecule has 0 unspecified atom stereocenters. The Bertz CT molecular complexity index is 488. The molecular formula is C22H34N2. The standard InChI is InChI=1S/C22H34N2/c1-3-5-7-9-11-13-21(17-19-23)15-16-22(18-20-24)14-12-10-8-6-4-2/h9,11-20,24H,3-8,10,23H2,1-2H3/b11-9+,14-12-,16-15+,19-17-,21-13-,22-18+,24-20?. The van der Waals surface area contributed by atoms with E-state index in [2.05, 4.69) is 44.2 Å². The first-order valence-corrected chi connectivity index (χ1v) is 9.08. The highest BCUT2D eigenvalue weighted by Gasteiger charge is 1.89.